The van der Waals surface area contributed by atoms with Crippen LogP contribution >= 0.6 is 7.60 Å². The smallest absolute Gasteiger partial charge is 0.457 e. The van der Waals surface area contributed by atoms with Crippen LogP contribution in [0.4, 0.5) is 5.69 Å². The van der Waals surface area contributed by atoms with E-state index in [1.165, 1.54) is 0 Å². The molecule has 4 rings (SSSR count). The Morgan fingerprint density at radius 3 is 1.61 bits per heavy atom. The Morgan fingerprint density at radius 2 is 1.10 bits per heavy atom. The molecule has 5 nitrogen and oxygen atoms in total. The van der Waals surface area contributed by atoms with Crippen LogP contribution in [0.15, 0.2) is 115 Å². The molecular formula is C25H22NO4P. The third-order valence-corrected chi connectivity index (χ3v) is 6.57. The van der Waals surface area contributed by atoms with Crippen molar-refractivity contribution in [2.45, 2.75) is 5.78 Å². The summed E-state index contributed by atoms with van der Waals surface area (Å²) in [6, 6.07) is 33.8. The molecule has 1 unspecified atom stereocenters. The quantitative estimate of drug-likeness (QED) is 0.236. The monoisotopic (exact) mass is 431 g/mol. The topological polar surface area (TPSA) is 67.8 Å². The summed E-state index contributed by atoms with van der Waals surface area (Å²) in [4.78, 5) is 0. The van der Waals surface area contributed by atoms with Gasteiger partial charge in [-0.15, -0.1) is 0 Å². The van der Waals surface area contributed by atoms with Crippen LogP contribution in [-0.2, 0) is 4.57 Å². The average Bonchev–Trinajstić information content (AvgIpc) is 2.80. The molecule has 156 valence electrons. The van der Waals surface area contributed by atoms with Gasteiger partial charge in [0.05, 0.1) is 5.69 Å². The van der Waals surface area contributed by atoms with Crippen molar-refractivity contribution in [1.82, 2.24) is 0 Å². The van der Waals surface area contributed by atoms with Gasteiger partial charge in [0.15, 0.2) is 5.78 Å². The number of nitrogens with one attached hydrogen (secondary N) is 1. The van der Waals surface area contributed by atoms with Gasteiger partial charge in [0.2, 0.25) is 0 Å². The van der Waals surface area contributed by atoms with Crippen LogP contribution in [0.25, 0.3) is 0 Å². The van der Waals surface area contributed by atoms with Crippen molar-refractivity contribution in [2.75, 3.05) is 5.32 Å². The van der Waals surface area contributed by atoms with E-state index in [2.05, 4.69) is 5.32 Å². The number of phenols is 1. The van der Waals surface area contributed by atoms with Gasteiger partial charge in [0.25, 0.3) is 0 Å². The van der Waals surface area contributed by atoms with E-state index in [1.54, 1.807) is 72.8 Å². The summed E-state index contributed by atoms with van der Waals surface area (Å²) in [5.74, 6) is -0.0135. The first-order chi connectivity index (χ1) is 15.1. The molecule has 1 atom stereocenters. The third-order valence-electron chi connectivity index (χ3n) is 4.58. The predicted molar refractivity (Wildman–Crippen MR) is 123 cm³/mol. The summed E-state index contributed by atoms with van der Waals surface area (Å²) < 4.78 is 26.4. The first-order valence-electron chi connectivity index (χ1n) is 9.82. The molecule has 0 aliphatic heterocycles. The zero-order chi connectivity index (χ0) is 21.5. The van der Waals surface area contributed by atoms with Gasteiger partial charge < -0.3 is 19.5 Å². The number of anilines is 1. The lowest BCUT2D eigenvalue weighted by atomic mass is 10.2. The molecule has 0 heterocycles. The summed E-state index contributed by atoms with van der Waals surface area (Å²) >= 11 is 0. The number of phenolic OH excluding ortho intramolecular Hbond substituents is 1. The molecule has 31 heavy (non-hydrogen) atoms. The molecule has 2 N–H and O–H groups in total. The normalized spacial score (nSPS) is 12.0. The first kappa shape index (κ1) is 20.6. The number of benzene rings is 4. The van der Waals surface area contributed by atoms with E-state index < -0.39 is 13.4 Å². The van der Waals surface area contributed by atoms with Crippen LogP contribution in [0, 0.1) is 0 Å². The molecule has 4 aromatic rings. The molecule has 0 radical (unpaired) electrons. The highest BCUT2D eigenvalue weighted by atomic mass is 31.2. The molecule has 0 saturated heterocycles. The molecule has 0 aromatic heterocycles. The van der Waals surface area contributed by atoms with Gasteiger partial charge in [-0.1, -0.05) is 78.9 Å². The summed E-state index contributed by atoms with van der Waals surface area (Å²) in [6.45, 7) is 0. The molecular weight excluding hydrogens is 409 g/mol. The van der Waals surface area contributed by atoms with Crippen molar-refractivity contribution < 1.29 is 18.7 Å². The summed E-state index contributed by atoms with van der Waals surface area (Å²) in [7, 11) is -3.90. The van der Waals surface area contributed by atoms with E-state index in [-0.39, 0.29) is 5.75 Å². The van der Waals surface area contributed by atoms with Crippen molar-refractivity contribution in [3.05, 3.63) is 121 Å². The van der Waals surface area contributed by atoms with Gasteiger partial charge in [0.1, 0.15) is 17.2 Å². The van der Waals surface area contributed by atoms with E-state index in [0.29, 0.717) is 22.7 Å². The van der Waals surface area contributed by atoms with Gasteiger partial charge in [0, 0.05) is 0 Å². The SMILES string of the molecule is O=P(Oc1ccccc1)(Oc1ccccc1)C(Nc1ccccc1O)c1ccccc1. The van der Waals surface area contributed by atoms with Crippen LogP contribution in [0.2, 0.25) is 0 Å². The van der Waals surface area contributed by atoms with Gasteiger partial charge in [-0.25, -0.2) is 4.57 Å². The molecule has 0 aliphatic rings. The van der Waals surface area contributed by atoms with Gasteiger partial charge >= 0.3 is 7.60 Å². The lowest BCUT2D eigenvalue weighted by Gasteiger charge is -2.29. The highest BCUT2D eigenvalue weighted by molar-refractivity contribution is 7.55. The molecule has 4 aromatic carbocycles. The standard InChI is InChI=1S/C25H22NO4P/c27-24-19-11-10-18-23(24)26-25(20-12-4-1-5-13-20)31(28,29-21-14-6-2-7-15-21)30-22-16-8-3-9-17-22/h1-19,25-27H. The Balaban J connectivity index is 1.80. The van der Waals surface area contributed by atoms with Crippen LogP contribution < -0.4 is 14.4 Å². The lowest BCUT2D eigenvalue weighted by molar-refractivity contribution is 0.376. The van der Waals surface area contributed by atoms with Crippen LogP contribution in [0.3, 0.4) is 0 Å². The van der Waals surface area contributed by atoms with Gasteiger partial charge in [-0.05, 0) is 42.0 Å². The Morgan fingerprint density at radius 1 is 0.645 bits per heavy atom. The van der Waals surface area contributed by atoms with E-state index in [9.17, 15) is 9.67 Å². The molecule has 0 amide bonds. The van der Waals surface area contributed by atoms with Crippen molar-refractivity contribution in [3.63, 3.8) is 0 Å². The van der Waals surface area contributed by atoms with Crippen LogP contribution in [-0.4, -0.2) is 5.11 Å². The molecule has 6 heteroatoms. The minimum absolute atomic E-state index is 0.0365. The van der Waals surface area contributed by atoms with Crippen molar-refractivity contribution in [2.24, 2.45) is 0 Å². The number of hydrogen-bond donors (Lipinski definition) is 2. The maximum Gasteiger partial charge on any atom is 0.457 e. The molecule has 0 bridgehead atoms. The summed E-state index contributed by atoms with van der Waals surface area (Å²) in [5.41, 5.74) is 1.12. The predicted octanol–water partition coefficient (Wildman–Crippen LogP) is 6.85. The second-order valence-electron chi connectivity index (χ2n) is 6.82. The van der Waals surface area contributed by atoms with Crippen LogP contribution in [0.1, 0.15) is 11.3 Å². The molecule has 0 saturated carbocycles. The Kier molecular flexibility index (Phi) is 6.25. The summed E-state index contributed by atoms with van der Waals surface area (Å²) in [6.07, 6.45) is 0. The third kappa shape index (κ3) is 5.08. The minimum atomic E-state index is -3.90. The second-order valence-corrected chi connectivity index (χ2v) is 8.78. The minimum Gasteiger partial charge on any atom is -0.506 e. The van der Waals surface area contributed by atoms with Crippen molar-refractivity contribution in [3.8, 4) is 17.2 Å². The number of para-hydroxylation sites is 4. The molecule has 0 aliphatic carbocycles. The van der Waals surface area contributed by atoms with Crippen molar-refractivity contribution in [1.29, 1.82) is 0 Å². The number of rotatable bonds is 8. The van der Waals surface area contributed by atoms with E-state index in [1.807, 2.05) is 42.5 Å². The Bertz CT molecular complexity index is 1110. The average molecular weight is 431 g/mol. The fraction of sp³-hybridized carbons (Fsp3) is 0.0400. The zero-order valence-electron chi connectivity index (χ0n) is 16.7. The fourth-order valence-electron chi connectivity index (χ4n) is 3.10. The maximum absolute atomic E-state index is 14.4. The maximum atomic E-state index is 14.4. The van der Waals surface area contributed by atoms with Crippen molar-refractivity contribution >= 4 is 13.3 Å². The second kappa shape index (κ2) is 9.41. The van der Waals surface area contributed by atoms with E-state index in [0.717, 1.165) is 0 Å². The Labute approximate surface area is 181 Å². The van der Waals surface area contributed by atoms with E-state index >= 15 is 0 Å². The lowest BCUT2D eigenvalue weighted by Crippen LogP contribution is -2.18. The summed E-state index contributed by atoms with van der Waals surface area (Å²) in [5, 5.41) is 13.5. The van der Waals surface area contributed by atoms with Crippen LogP contribution in [0.5, 0.6) is 17.2 Å². The highest BCUT2D eigenvalue weighted by Gasteiger charge is 2.41. The largest absolute Gasteiger partial charge is 0.506 e. The number of aromatic hydroxyl groups is 1. The van der Waals surface area contributed by atoms with E-state index in [4.69, 9.17) is 9.05 Å². The zero-order valence-corrected chi connectivity index (χ0v) is 17.6. The van der Waals surface area contributed by atoms with Gasteiger partial charge in [-0.2, -0.15) is 0 Å². The Hall–Kier alpha value is -3.69. The van der Waals surface area contributed by atoms with Gasteiger partial charge in [-0.3, -0.25) is 0 Å². The molecule has 0 fully saturated rings. The fourth-order valence-corrected chi connectivity index (χ4v) is 5.02. The highest BCUT2D eigenvalue weighted by Crippen LogP contribution is 2.60. The first-order valence-corrected chi connectivity index (χ1v) is 11.4. The molecule has 0 spiro atoms. The number of hydrogen-bond acceptors (Lipinski definition) is 5.